The Hall–Kier alpha value is -2.72. The summed E-state index contributed by atoms with van der Waals surface area (Å²) in [6, 6.07) is 2.52. The maximum atomic E-state index is 12.6. The highest BCUT2D eigenvalue weighted by Gasteiger charge is 2.35. The lowest BCUT2D eigenvalue weighted by atomic mass is 9.92. The number of aromatic nitrogens is 1. The summed E-state index contributed by atoms with van der Waals surface area (Å²) < 4.78 is 0. The highest BCUT2D eigenvalue weighted by molar-refractivity contribution is 5.82. The molecule has 2 fully saturated rings. The van der Waals surface area contributed by atoms with Crippen LogP contribution in [0.1, 0.15) is 38.5 Å². The number of carbonyl (C=O) groups excluding carboxylic acids is 3. The van der Waals surface area contributed by atoms with Crippen molar-refractivity contribution in [3.63, 3.8) is 0 Å². The molecule has 166 valence electrons. The number of pyridine rings is 1. The molecule has 1 aliphatic heterocycles. The summed E-state index contributed by atoms with van der Waals surface area (Å²) in [4.78, 5) is 47.7. The molecular weight excluding hydrogens is 390 g/mol. The zero-order valence-corrected chi connectivity index (χ0v) is 17.3. The molecule has 0 bridgehead atoms. The van der Waals surface area contributed by atoms with E-state index >= 15 is 0 Å². The molecule has 2 atom stereocenters. The predicted molar refractivity (Wildman–Crippen MR) is 111 cm³/mol. The molecular formula is C20H31N5O5. The number of anilines is 1. The van der Waals surface area contributed by atoms with Crippen LogP contribution >= 0.6 is 0 Å². The average Bonchev–Trinajstić information content (AvgIpc) is 3.44. The summed E-state index contributed by atoms with van der Waals surface area (Å²) in [5.74, 6) is 0.507. The van der Waals surface area contributed by atoms with Crippen LogP contribution in [0.25, 0.3) is 0 Å². The second-order valence-corrected chi connectivity index (χ2v) is 7.61. The molecule has 10 nitrogen and oxygen atoms in total. The van der Waals surface area contributed by atoms with Gasteiger partial charge in [0.1, 0.15) is 18.1 Å². The number of amides is 2. The van der Waals surface area contributed by atoms with Crippen molar-refractivity contribution in [2.75, 3.05) is 25.5 Å². The van der Waals surface area contributed by atoms with Gasteiger partial charge in [0.2, 0.25) is 12.3 Å². The van der Waals surface area contributed by atoms with Crippen molar-refractivity contribution < 1.29 is 19.6 Å². The zero-order valence-electron chi connectivity index (χ0n) is 17.3. The Balaban J connectivity index is 0.000000297. The number of aromatic amines is 1. The number of hydrazine groups is 1. The number of nitrogens with zero attached hydrogens (tertiary/aromatic N) is 2. The fourth-order valence-electron chi connectivity index (χ4n) is 3.91. The van der Waals surface area contributed by atoms with E-state index in [0.717, 1.165) is 24.9 Å². The third-order valence-electron chi connectivity index (χ3n) is 5.46. The fourth-order valence-corrected chi connectivity index (χ4v) is 3.91. The van der Waals surface area contributed by atoms with Gasteiger partial charge in [-0.3, -0.25) is 24.6 Å². The number of rotatable bonds is 8. The third kappa shape index (κ3) is 6.96. The van der Waals surface area contributed by atoms with Gasteiger partial charge in [-0.25, -0.2) is 10.5 Å². The molecule has 2 unspecified atom stereocenters. The van der Waals surface area contributed by atoms with Gasteiger partial charge in [0.25, 0.3) is 0 Å². The molecule has 30 heavy (non-hydrogen) atoms. The summed E-state index contributed by atoms with van der Waals surface area (Å²) in [6.45, 7) is 0.560. The largest absolute Gasteiger partial charge is 0.375 e. The second-order valence-electron chi connectivity index (χ2n) is 7.61. The molecule has 0 aromatic carbocycles. The van der Waals surface area contributed by atoms with Crippen LogP contribution < -0.4 is 16.2 Å². The van der Waals surface area contributed by atoms with Gasteiger partial charge in [0.15, 0.2) is 5.43 Å². The molecule has 1 aromatic heterocycles. The lowest BCUT2D eigenvalue weighted by molar-refractivity contribution is -0.159. The van der Waals surface area contributed by atoms with Crippen LogP contribution in [-0.4, -0.2) is 65.0 Å². The van der Waals surface area contributed by atoms with Crippen molar-refractivity contribution in [1.29, 1.82) is 0 Å². The normalized spacial score (nSPS) is 19.5. The Bertz CT molecular complexity index is 749. The number of aldehydes is 1. The van der Waals surface area contributed by atoms with E-state index in [0.29, 0.717) is 36.8 Å². The van der Waals surface area contributed by atoms with Crippen LogP contribution in [0.4, 0.5) is 5.82 Å². The minimum absolute atomic E-state index is 0.0121. The summed E-state index contributed by atoms with van der Waals surface area (Å²) in [6.07, 6.45) is 8.43. The van der Waals surface area contributed by atoms with E-state index in [-0.39, 0.29) is 17.9 Å². The van der Waals surface area contributed by atoms with Gasteiger partial charge in [-0.05, 0) is 18.8 Å². The van der Waals surface area contributed by atoms with Crippen molar-refractivity contribution in [3.05, 3.63) is 28.6 Å². The van der Waals surface area contributed by atoms with Crippen molar-refractivity contribution in [3.8, 4) is 0 Å². The van der Waals surface area contributed by atoms with E-state index in [2.05, 4.69) is 15.7 Å². The molecule has 2 aliphatic rings. The van der Waals surface area contributed by atoms with Crippen molar-refractivity contribution in [1.82, 2.24) is 20.5 Å². The molecule has 1 aromatic rings. The second kappa shape index (κ2) is 12.1. The summed E-state index contributed by atoms with van der Waals surface area (Å²) >= 11 is 0. The molecule has 1 aliphatic carbocycles. The molecule has 2 heterocycles. The van der Waals surface area contributed by atoms with Crippen LogP contribution in [-0.2, 0) is 14.4 Å². The smallest absolute Gasteiger partial charge is 0.242 e. The highest BCUT2D eigenvalue weighted by Crippen LogP contribution is 2.31. The van der Waals surface area contributed by atoms with Crippen LogP contribution in [0.2, 0.25) is 0 Å². The average molecular weight is 421 g/mol. The van der Waals surface area contributed by atoms with Crippen molar-refractivity contribution >= 4 is 24.4 Å². The Kier molecular flexibility index (Phi) is 9.49. The Labute approximate surface area is 175 Å². The monoisotopic (exact) mass is 421 g/mol. The Morgan fingerprint density at radius 2 is 2.10 bits per heavy atom. The SMILES string of the molecule is CNc1cc(=O)cc[nH]1.O=CC1CCNN1C(=O)C(CC1CCCC1)CN(O)C=O. The lowest BCUT2D eigenvalue weighted by Gasteiger charge is -2.28. The van der Waals surface area contributed by atoms with E-state index in [1.807, 2.05) is 0 Å². The molecule has 2 amide bonds. The van der Waals surface area contributed by atoms with Crippen LogP contribution in [0.15, 0.2) is 23.1 Å². The van der Waals surface area contributed by atoms with Gasteiger partial charge in [-0.2, -0.15) is 0 Å². The van der Waals surface area contributed by atoms with Gasteiger partial charge in [-0.15, -0.1) is 0 Å². The quantitative estimate of drug-likeness (QED) is 0.276. The lowest BCUT2D eigenvalue weighted by Crippen LogP contribution is -2.48. The molecule has 10 heteroatoms. The number of H-pyrrole nitrogens is 1. The highest BCUT2D eigenvalue weighted by atomic mass is 16.5. The van der Waals surface area contributed by atoms with Crippen LogP contribution in [0.3, 0.4) is 0 Å². The first-order chi connectivity index (χ1) is 14.5. The van der Waals surface area contributed by atoms with E-state index in [1.165, 1.54) is 30.0 Å². The van der Waals surface area contributed by atoms with Crippen LogP contribution in [0, 0.1) is 11.8 Å². The zero-order chi connectivity index (χ0) is 21.9. The molecule has 1 saturated carbocycles. The summed E-state index contributed by atoms with van der Waals surface area (Å²) in [5, 5.41) is 14.1. The van der Waals surface area contributed by atoms with E-state index in [9.17, 15) is 24.4 Å². The van der Waals surface area contributed by atoms with E-state index in [1.54, 1.807) is 13.2 Å². The molecule has 1 saturated heterocycles. The molecule has 3 rings (SSSR count). The van der Waals surface area contributed by atoms with Gasteiger partial charge < -0.3 is 15.1 Å². The van der Waals surface area contributed by atoms with Gasteiger partial charge in [-0.1, -0.05) is 25.7 Å². The van der Waals surface area contributed by atoms with E-state index in [4.69, 9.17) is 0 Å². The van der Waals surface area contributed by atoms with Gasteiger partial charge in [0.05, 0.1) is 12.5 Å². The number of hydrogen-bond donors (Lipinski definition) is 4. The number of nitrogens with one attached hydrogen (secondary N) is 3. The van der Waals surface area contributed by atoms with Crippen molar-refractivity contribution in [2.45, 2.75) is 44.6 Å². The number of carbonyl (C=O) groups is 3. The first kappa shape index (κ1) is 23.6. The molecule has 0 radical (unpaired) electrons. The number of hydrogen-bond acceptors (Lipinski definition) is 7. The predicted octanol–water partition coefficient (Wildman–Crippen LogP) is 0.752. The maximum Gasteiger partial charge on any atom is 0.242 e. The minimum Gasteiger partial charge on any atom is -0.375 e. The maximum absolute atomic E-state index is 12.6. The van der Waals surface area contributed by atoms with Gasteiger partial charge >= 0.3 is 0 Å². The fraction of sp³-hybridized carbons (Fsp3) is 0.600. The molecule has 4 N–H and O–H groups in total. The summed E-state index contributed by atoms with van der Waals surface area (Å²) in [5.41, 5.74) is 2.93. The van der Waals surface area contributed by atoms with Crippen molar-refractivity contribution in [2.24, 2.45) is 11.8 Å². The number of hydroxylamine groups is 2. The topological polar surface area (TPSA) is 135 Å². The standard InChI is InChI=1S/C14H23N3O4.C6H8N2O/c18-9-13-5-6-15-17(13)14(20)12(8-16(21)10-19)7-11-3-1-2-4-11;1-7-6-4-5(9)2-3-8-6/h9-13,15,21H,1-8H2;2-4H,1H3,(H2,7,8,9). The third-order valence-corrected chi connectivity index (χ3v) is 5.46. The minimum atomic E-state index is -0.476. The van der Waals surface area contributed by atoms with Crippen LogP contribution in [0.5, 0.6) is 0 Å². The summed E-state index contributed by atoms with van der Waals surface area (Å²) in [7, 11) is 1.76. The van der Waals surface area contributed by atoms with E-state index < -0.39 is 12.0 Å². The van der Waals surface area contributed by atoms with Gasteiger partial charge in [0, 0.05) is 31.9 Å². The Morgan fingerprint density at radius 1 is 1.37 bits per heavy atom. The molecule has 0 spiro atoms. The first-order valence-corrected chi connectivity index (χ1v) is 10.3. The Morgan fingerprint density at radius 3 is 2.67 bits per heavy atom. The first-order valence-electron chi connectivity index (χ1n) is 10.3.